The van der Waals surface area contributed by atoms with E-state index < -0.39 is 11.7 Å². The lowest BCUT2D eigenvalue weighted by molar-refractivity contribution is -0.137. The van der Waals surface area contributed by atoms with Gasteiger partial charge in [-0.15, -0.1) is 11.3 Å². The fourth-order valence-electron chi connectivity index (χ4n) is 1.48. The highest BCUT2D eigenvalue weighted by molar-refractivity contribution is 7.14. The monoisotopic (exact) mass is 282 g/mol. The van der Waals surface area contributed by atoms with Gasteiger partial charge in [-0.2, -0.15) is 13.2 Å². The van der Waals surface area contributed by atoms with Crippen molar-refractivity contribution >= 4 is 29.8 Å². The highest BCUT2D eigenvalue weighted by Gasteiger charge is 2.29. The van der Waals surface area contributed by atoms with Crippen LogP contribution in [0.25, 0.3) is 12.2 Å². The molecule has 0 spiro atoms. The van der Waals surface area contributed by atoms with Crippen LogP contribution in [-0.2, 0) is 6.18 Å². The molecule has 1 nitrogen and oxygen atoms in total. The van der Waals surface area contributed by atoms with Crippen LogP contribution in [0.5, 0.6) is 0 Å². The molecule has 0 saturated heterocycles. The Kier molecular flexibility index (Phi) is 3.85. The second kappa shape index (κ2) is 5.40. The minimum absolute atomic E-state index is 0.618. The van der Waals surface area contributed by atoms with Gasteiger partial charge >= 0.3 is 6.18 Å². The molecule has 19 heavy (non-hydrogen) atoms. The van der Waals surface area contributed by atoms with Gasteiger partial charge in [-0.05, 0) is 35.9 Å². The molecule has 0 amide bonds. The van der Waals surface area contributed by atoms with Crippen molar-refractivity contribution in [1.29, 1.82) is 0 Å². The van der Waals surface area contributed by atoms with Crippen LogP contribution >= 0.6 is 11.3 Å². The third-order valence-electron chi connectivity index (χ3n) is 2.44. The van der Waals surface area contributed by atoms with Gasteiger partial charge in [0.1, 0.15) is 0 Å². The number of carbonyl (C=O) groups is 1. The highest BCUT2D eigenvalue weighted by atomic mass is 32.1. The first-order chi connectivity index (χ1) is 8.99. The first-order valence-corrected chi connectivity index (χ1v) is 6.21. The van der Waals surface area contributed by atoms with Crippen molar-refractivity contribution in [3.63, 3.8) is 0 Å². The van der Waals surface area contributed by atoms with Crippen LogP contribution in [0.3, 0.4) is 0 Å². The maximum absolute atomic E-state index is 12.4. The average Bonchev–Trinajstić information content (AvgIpc) is 2.84. The van der Waals surface area contributed by atoms with Crippen LogP contribution < -0.4 is 0 Å². The minimum Gasteiger partial charge on any atom is -0.297 e. The summed E-state index contributed by atoms with van der Waals surface area (Å²) in [6.45, 7) is 0. The summed E-state index contributed by atoms with van der Waals surface area (Å²) in [5.41, 5.74) is 0.0121. The molecule has 1 aromatic heterocycles. The Morgan fingerprint density at radius 1 is 0.895 bits per heavy atom. The van der Waals surface area contributed by atoms with Crippen LogP contribution in [0, 0.1) is 0 Å². The largest absolute Gasteiger partial charge is 0.416 e. The smallest absolute Gasteiger partial charge is 0.297 e. The molecule has 0 unspecified atom stereocenters. The Bertz CT molecular complexity index is 594. The maximum atomic E-state index is 12.4. The molecule has 0 saturated carbocycles. The van der Waals surface area contributed by atoms with E-state index in [1.807, 2.05) is 0 Å². The standard InChI is InChI=1S/C14H9F3OS/c15-14(16,17)11-4-1-10(2-5-11)3-6-12-7-8-13(9-18)19-12/h1-9H/b6-3+. The summed E-state index contributed by atoms with van der Waals surface area (Å²) >= 11 is 1.32. The fraction of sp³-hybridized carbons (Fsp3) is 0.0714. The third-order valence-corrected chi connectivity index (χ3v) is 3.42. The van der Waals surface area contributed by atoms with Crippen LogP contribution in [0.1, 0.15) is 25.7 Å². The number of halogens is 3. The van der Waals surface area contributed by atoms with Gasteiger partial charge < -0.3 is 0 Å². The first kappa shape index (κ1) is 13.5. The quantitative estimate of drug-likeness (QED) is 0.742. The van der Waals surface area contributed by atoms with Gasteiger partial charge in [0.25, 0.3) is 0 Å². The molecule has 0 N–H and O–H groups in total. The molecule has 98 valence electrons. The Labute approximate surface area is 112 Å². The van der Waals surface area contributed by atoms with E-state index >= 15 is 0 Å². The number of carbonyl (C=O) groups excluding carboxylic acids is 1. The van der Waals surface area contributed by atoms with Gasteiger partial charge in [0.15, 0.2) is 6.29 Å². The number of thiophene rings is 1. The SMILES string of the molecule is O=Cc1ccc(/C=C/c2ccc(C(F)(F)F)cc2)s1. The molecule has 2 rings (SSSR count). The van der Waals surface area contributed by atoms with Crippen molar-refractivity contribution in [2.24, 2.45) is 0 Å². The predicted octanol–water partition coefficient (Wildman–Crippen LogP) is 4.75. The molecule has 0 fully saturated rings. The molecule has 0 atom stereocenters. The third kappa shape index (κ3) is 3.54. The predicted molar refractivity (Wildman–Crippen MR) is 70.1 cm³/mol. The average molecular weight is 282 g/mol. The van der Waals surface area contributed by atoms with Crippen molar-refractivity contribution < 1.29 is 18.0 Å². The summed E-state index contributed by atoms with van der Waals surface area (Å²) in [4.78, 5) is 12.0. The second-order valence-corrected chi connectivity index (χ2v) is 4.96. The van der Waals surface area contributed by atoms with E-state index in [0.717, 1.165) is 23.3 Å². The zero-order valence-corrected chi connectivity index (χ0v) is 10.5. The van der Waals surface area contributed by atoms with E-state index in [9.17, 15) is 18.0 Å². The molecule has 1 aromatic carbocycles. The number of hydrogen-bond acceptors (Lipinski definition) is 2. The fourth-order valence-corrected chi connectivity index (χ4v) is 2.21. The molecule has 0 aliphatic heterocycles. The van der Waals surface area contributed by atoms with E-state index in [-0.39, 0.29) is 0 Å². The zero-order chi connectivity index (χ0) is 13.9. The van der Waals surface area contributed by atoms with Crippen LogP contribution in [0.2, 0.25) is 0 Å². The van der Waals surface area contributed by atoms with Gasteiger partial charge in [0, 0.05) is 4.88 Å². The molecule has 2 aromatic rings. The van der Waals surface area contributed by atoms with Crippen molar-refractivity contribution in [2.75, 3.05) is 0 Å². The Balaban J connectivity index is 2.13. The Morgan fingerprint density at radius 3 is 2.05 bits per heavy atom. The summed E-state index contributed by atoms with van der Waals surface area (Å²) < 4.78 is 37.1. The number of alkyl halides is 3. The minimum atomic E-state index is -4.31. The Hall–Kier alpha value is -1.88. The molecule has 0 bridgehead atoms. The zero-order valence-electron chi connectivity index (χ0n) is 9.65. The lowest BCUT2D eigenvalue weighted by atomic mass is 10.1. The number of hydrogen-bond donors (Lipinski definition) is 0. The van der Waals surface area contributed by atoms with Crippen LogP contribution in [0.15, 0.2) is 36.4 Å². The molecule has 0 aliphatic carbocycles. The van der Waals surface area contributed by atoms with Gasteiger partial charge in [0.05, 0.1) is 10.4 Å². The van der Waals surface area contributed by atoms with E-state index in [2.05, 4.69) is 0 Å². The topological polar surface area (TPSA) is 17.1 Å². The molecule has 0 radical (unpaired) electrons. The van der Waals surface area contributed by atoms with Gasteiger partial charge in [0.2, 0.25) is 0 Å². The van der Waals surface area contributed by atoms with Crippen molar-refractivity contribution in [3.8, 4) is 0 Å². The van der Waals surface area contributed by atoms with Crippen LogP contribution in [-0.4, -0.2) is 6.29 Å². The summed E-state index contributed by atoms with van der Waals surface area (Å²) in [5, 5.41) is 0. The number of benzene rings is 1. The molecule has 1 heterocycles. The first-order valence-electron chi connectivity index (χ1n) is 5.39. The summed E-state index contributed by atoms with van der Waals surface area (Å²) in [6, 6.07) is 8.40. The molecule has 5 heteroatoms. The number of aldehydes is 1. The van der Waals surface area contributed by atoms with Crippen molar-refractivity contribution in [3.05, 3.63) is 57.3 Å². The lowest BCUT2D eigenvalue weighted by Gasteiger charge is -2.05. The normalized spacial score (nSPS) is 11.9. The molecule has 0 aliphatic rings. The molecular weight excluding hydrogens is 273 g/mol. The van der Waals surface area contributed by atoms with Gasteiger partial charge in [-0.25, -0.2) is 0 Å². The van der Waals surface area contributed by atoms with E-state index in [4.69, 9.17) is 0 Å². The van der Waals surface area contributed by atoms with Crippen molar-refractivity contribution in [2.45, 2.75) is 6.18 Å². The number of rotatable bonds is 3. The van der Waals surface area contributed by atoms with Gasteiger partial charge in [-0.1, -0.05) is 18.2 Å². The summed E-state index contributed by atoms with van der Waals surface area (Å²) in [7, 11) is 0. The highest BCUT2D eigenvalue weighted by Crippen LogP contribution is 2.29. The van der Waals surface area contributed by atoms with E-state index in [0.29, 0.717) is 10.4 Å². The van der Waals surface area contributed by atoms with Crippen molar-refractivity contribution in [1.82, 2.24) is 0 Å². The van der Waals surface area contributed by atoms with Crippen LogP contribution in [0.4, 0.5) is 13.2 Å². The Morgan fingerprint density at radius 2 is 1.53 bits per heavy atom. The second-order valence-electron chi connectivity index (χ2n) is 3.81. The lowest BCUT2D eigenvalue weighted by Crippen LogP contribution is -2.03. The van der Waals surface area contributed by atoms with E-state index in [1.54, 1.807) is 24.3 Å². The maximum Gasteiger partial charge on any atom is 0.416 e. The van der Waals surface area contributed by atoms with Gasteiger partial charge in [-0.3, -0.25) is 4.79 Å². The molecular formula is C14H9F3OS. The summed E-state index contributed by atoms with van der Waals surface area (Å²) in [6.07, 6.45) is -0.0736. The van der Waals surface area contributed by atoms with E-state index in [1.165, 1.54) is 23.5 Å². The summed E-state index contributed by atoms with van der Waals surface area (Å²) in [5.74, 6) is 0.